The van der Waals surface area contributed by atoms with E-state index in [1.807, 2.05) is 37.3 Å². The van der Waals surface area contributed by atoms with E-state index in [4.69, 9.17) is 23.2 Å². The Balaban J connectivity index is 1.33. The molecular weight excluding hydrogens is 489 g/mol. The zero-order valence-electron chi connectivity index (χ0n) is 19.6. The van der Waals surface area contributed by atoms with Crippen molar-refractivity contribution in [3.05, 3.63) is 58.1 Å². The van der Waals surface area contributed by atoms with Crippen molar-refractivity contribution in [2.45, 2.75) is 19.4 Å². The van der Waals surface area contributed by atoms with Crippen LogP contribution in [0, 0.1) is 6.92 Å². The Bertz CT molecular complexity index is 1100. The van der Waals surface area contributed by atoms with Gasteiger partial charge in [-0.05, 0) is 42.8 Å². The van der Waals surface area contributed by atoms with Crippen molar-refractivity contribution in [1.82, 2.24) is 15.1 Å². The number of carbonyl (C=O) groups excluding carboxylic acids is 3. The van der Waals surface area contributed by atoms with Gasteiger partial charge in [-0.1, -0.05) is 35.3 Å². The molecule has 4 rings (SSSR count). The Morgan fingerprint density at radius 3 is 2.54 bits per heavy atom. The molecule has 0 saturated carbocycles. The van der Waals surface area contributed by atoms with Crippen molar-refractivity contribution >= 4 is 52.3 Å². The van der Waals surface area contributed by atoms with E-state index in [1.165, 1.54) is 4.90 Å². The molecule has 0 spiro atoms. The van der Waals surface area contributed by atoms with Crippen molar-refractivity contribution in [3.8, 4) is 0 Å². The summed E-state index contributed by atoms with van der Waals surface area (Å²) >= 11 is 12.3. The average Bonchev–Trinajstić information content (AvgIpc) is 2.83. The van der Waals surface area contributed by atoms with Crippen LogP contribution in [0.3, 0.4) is 0 Å². The molecule has 0 aromatic heterocycles. The van der Waals surface area contributed by atoms with Crippen LogP contribution in [0.2, 0.25) is 10.0 Å². The lowest BCUT2D eigenvalue weighted by molar-refractivity contribution is -0.145. The fourth-order valence-corrected chi connectivity index (χ4v) is 4.76. The number of nitrogens with one attached hydrogen (secondary N) is 2. The number of anilines is 2. The molecule has 2 aromatic carbocycles. The summed E-state index contributed by atoms with van der Waals surface area (Å²) in [5, 5.41) is 6.79. The summed E-state index contributed by atoms with van der Waals surface area (Å²) in [6.07, 6.45) is -0.119. The molecule has 186 valence electrons. The van der Waals surface area contributed by atoms with Crippen molar-refractivity contribution in [1.29, 1.82) is 0 Å². The minimum atomic E-state index is -0.843. The lowest BCUT2D eigenvalue weighted by Gasteiger charge is -2.39. The smallest absolute Gasteiger partial charge is 0.243 e. The molecule has 2 aromatic rings. The zero-order valence-corrected chi connectivity index (χ0v) is 21.1. The van der Waals surface area contributed by atoms with Gasteiger partial charge in [-0.15, -0.1) is 0 Å². The number of halogens is 2. The van der Waals surface area contributed by atoms with E-state index in [0.29, 0.717) is 28.8 Å². The van der Waals surface area contributed by atoms with Gasteiger partial charge in [0.25, 0.3) is 0 Å². The summed E-state index contributed by atoms with van der Waals surface area (Å²) in [6, 6.07) is 12.1. The maximum Gasteiger partial charge on any atom is 0.243 e. The molecule has 35 heavy (non-hydrogen) atoms. The van der Waals surface area contributed by atoms with Gasteiger partial charge in [0.05, 0.1) is 13.0 Å². The van der Waals surface area contributed by atoms with Gasteiger partial charge in [-0.2, -0.15) is 0 Å². The number of benzene rings is 2. The Labute approximate surface area is 215 Å². The SMILES string of the molecule is Cc1ccc(NC(=O)C[C@@H]2C(=O)NCCN2C(=O)CN2CCN(c3cccc(Cl)c3)CC2)cc1Cl. The maximum atomic E-state index is 13.2. The van der Waals surface area contributed by atoms with Gasteiger partial charge in [0.2, 0.25) is 17.7 Å². The standard InChI is InChI=1S/C25H29Cl2N5O3/c1-17-5-6-19(14-21(17)27)29-23(33)15-22-25(35)28-7-8-32(22)24(34)16-30-9-11-31(12-10-30)20-4-2-3-18(26)13-20/h2-6,13-14,22H,7-12,15-16H2,1H3,(H,28,35)(H,29,33)/t22-/m1/s1. The normalized spacial score (nSPS) is 18.8. The highest BCUT2D eigenvalue weighted by molar-refractivity contribution is 6.31. The number of amides is 3. The van der Waals surface area contributed by atoms with Crippen molar-refractivity contribution in [2.24, 2.45) is 0 Å². The summed E-state index contributed by atoms with van der Waals surface area (Å²) < 4.78 is 0. The highest BCUT2D eigenvalue weighted by Crippen LogP contribution is 2.22. The van der Waals surface area contributed by atoms with Crippen molar-refractivity contribution < 1.29 is 14.4 Å². The predicted octanol–water partition coefficient (Wildman–Crippen LogP) is 2.78. The molecule has 0 radical (unpaired) electrons. The van der Waals surface area contributed by atoms with Gasteiger partial charge >= 0.3 is 0 Å². The second-order valence-electron chi connectivity index (χ2n) is 8.85. The number of nitrogens with zero attached hydrogens (tertiary/aromatic N) is 3. The summed E-state index contributed by atoms with van der Waals surface area (Å²) in [5.41, 5.74) is 2.52. The fraction of sp³-hybridized carbons (Fsp3) is 0.400. The lowest BCUT2D eigenvalue weighted by atomic mass is 10.1. The first-order chi connectivity index (χ1) is 16.8. The molecule has 2 N–H and O–H groups in total. The van der Waals surface area contributed by atoms with Crippen molar-refractivity contribution in [3.63, 3.8) is 0 Å². The molecule has 2 fully saturated rings. The molecule has 0 unspecified atom stereocenters. The summed E-state index contributed by atoms with van der Waals surface area (Å²) in [5.74, 6) is -0.806. The predicted molar refractivity (Wildman–Crippen MR) is 138 cm³/mol. The topological polar surface area (TPSA) is 85.0 Å². The van der Waals surface area contributed by atoms with Crippen LogP contribution < -0.4 is 15.5 Å². The Morgan fingerprint density at radius 2 is 1.83 bits per heavy atom. The molecule has 2 heterocycles. The molecule has 0 bridgehead atoms. The number of aryl methyl sites for hydroxylation is 1. The van der Waals surface area contributed by atoms with E-state index in [-0.39, 0.29) is 30.7 Å². The van der Waals surface area contributed by atoms with Crippen LogP contribution in [0.4, 0.5) is 11.4 Å². The summed E-state index contributed by atoms with van der Waals surface area (Å²) in [7, 11) is 0. The molecule has 3 amide bonds. The molecular formula is C25H29Cl2N5O3. The van der Waals surface area contributed by atoms with Crippen molar-refractivity contribution in [2.75, 3.05) is 56.0 Å². The van der Waals surface area contributed by atoms with Crippen LogP contribution in [-0.2, 0) is 14.4 Å². The molecule has 8 nitrogen and oxygen atoms in total. The molecule has 2 aliphatic heterocycles. The Kier molecular flexibility index (Phi) is 8.15. The van der Waals surface area contributed by atoms with Gasteiger partial charge in [-0.3, -0.25) is 19.3 Å². The molecule has 0 aliphatic carbocycles. The van der Waals surface area contributed by atoms with Gasteiger partial charge in [0.15, 0.2) is 0 Å². The van der Waals surface area contributed by atoms with Gasteiger partial charge in [0.1, 0.15) is 6.04 Å². The monoisotopic (exact) mass is 517 g/mol. The first-order valence-corrected chi connectivity index (χ1v) is 12.4. The van der Waals surface area contributed by atoms with Crippen LogP contribution in [0.15, 0.2) is 42.5 Å². The molecule has 2 saturated heterocycles. The van der Waals surface area contributed by atoms with E-state index in [1.54, 1.807) is 12.1 Å². The lowest BCUT2D eigenvalue weighted by Crippen LogP contribution is -2.60. The number of hydrogen-bond acceptors (Lipinski definition) is 5. The Hall–Kier alpha value is -2.81. The third-order valence-corrected chi connectivity index (χ3v) is 7.03. The largest absolute Gasteiger partial charge is 0.369 e. The number of rotatable bonds is 6. The third kappa shape index (κ3) is 6.45. The molecule has 2 aliphatic rings. The fourth-order valence-electron chi connectivity index (χ4n) is 4.39. The average molecular weight is 518 g/mol. The van der Waals surface area contributed by atoms with Gasteiger partial charge < -0.3 is 20.4 Å². The van der Waals surface area contributed by atoms with E-state index in [2.05, 4.69) is 20.4 Å². The minimum Gasteiger partial charge on any atom is -0.369 e. The van der Waals surface area contributed by atoms with Crippen LogP contribution >= 0.6 is 23.2 Å². The van der Waals surface area contributed by atoms with E-state index in [0.717, 1.165) is 37.4 Å². The first kappa shape index (κ1) is 25.3. The second kappa shape index (κ2) is 11.3. The number of carbonyl (C=O) groups is 3. The highest BCUT2D eigenvalue weighted by atomic mass is 35.5. The van der Waals surface area contributed by atoms with E-state index in [9.17, 15) is 14.4 Å². The third-order valence-electron chi connectivity index (χ3n) is 6.39. The minimum absolute atomic E-state index is 0.119. The summed E-state index contributed by atoms with van der Waals surface area (Å²) in [6.45, 7) is 5.83. The second-order valence-corrected chi connectivity index (χ2v) is 9.70. The van der Waals surface area contributed by atoms with Gasteiger partial charge in [-0.25, -0.2) is 0 Å². The zero-order chi connectivity index (χ0) is 24.9. The Morgan fingerprint density at radius 1 is 1.06 bits per heavy atom. The molecule has 1 atom stereocenters. The van der Waals surface area contributed by atoms with E-state index >= 15 is 0 Å². The van der Waals surface area contributed by atoms with E-state index < -0.39 is 6.04 Å². The number of piperazine rings is 2. The number of hydrogen-bond donors (Lipinski definition) is 2. The first-order valence-electron chi connectivity index (χ1n) is 11.7. The molecule has 10 heteroatoms. The van der Waals surface area contributed by atoms with Gasteiger partial charge in [0, 0.05) is 60.7 Å². The quantitative estimate of drug-likeness (QED) is 0.615. The van der Waals surface area contributed by atoms with Crippen LogP contribution in [0.1, 0.15) is 12.0 Å². The van der Waals surface area contributed by atoms with Crippen LogP contribution in [0.5, 0.6) is 0 Å². The highest BCUT2D eigenvalue weighted by Gasteiger charge is 2.35. The maximum absolute atomic E-state index is 13.2. The van der Waals surface area contributed by atoms with Crippen LogP contribution in [-0.4, -0.2) is 79.4 Å². The summed E-state index contributed by atoms with van der Waals surface area (Å²) in [4.78, 5) is 44.3. The van der Waals surface area contributed by atoms with Crippen LogP contribution in [0.25, 0.3) is 0 Å².